The molecule has 0 saturated heterocycles. The predicted octanol–water partition coefficient (Wildman–Crippen LogP) is 3.68. The van der Waals surface area contributed by atoms with Gasteiger partial charge in [-0.05, 0) is 30.3 Å². The van der Waals surface area contributed by atoms with Crippen molar-refractivity contribution in [1.82, 2.24) is 4.68 Å². The average molecular weight is 387 g/mol. The molecule has 0 unspecified atom stereocenters. The summed E-state index contributed by atoms with van der Waals surface area (Å²) in [6.07, 6.45) is 1.16. The van der Waals surface area contributed by atoms with Crippen LogP contribution in [0.1, 0.15) is 5.56 Å². The maximum absolute atomic E-state index is 13.9. The van der Waals surface area contributed by atoms with Crippen LogP contribution in [-0.2, 0) is 0 Å². The van der Waals surface area contributed by atoms with Crippen LogP contribution >= 0.6 is 11.3 Å². The molecule has 0 aliphatic carbocycles. The molecule has 2 aromatic carbocycles. The quantitative estimate of drug-likeness (QED) is 0.644. The Bertz CT molecular complexity index is 1070. The van der Waals surface area contributed by atoms with E-state index >= 15 is 0 Å². The van der Waals surface area contributed by atoms with Crippen LogP contribution in [0.15, 0.2) is 51.9 Å². The van der Waals surface area contributed by atoms with Gasteiger partial charge in [-0.15, -0.1) is 11.3 Å². The van der Waals surface area contributed by atoms with Crippen LogP contribution in [0.4, 0.5) is 8.78 Å². The first-order chi connectivity index (χ1) is 13.2. The number of thiazole rings is 1. The molecule has 0 radical (unpaired) electrons. The second-order valence-corrected chi connectivity index (χ2v) is 6.51. The SMILES string of the molecule is CN=c1scc(-c2ccc3c(c2)OCCO3)n1/N=C\c1c(F)cccc1F. The molecule has 5 nitrogen and oxygen atoms in total. The summed E-state index contributed by atoms with van der Waals surface area (Å²) in [6, 6.07) is 9.25. The van der Waals surface area contributed by atoms with E-state index < -0.39 is 11.6 Å². The van der Waals surface area contributed by atoms with Gasteiger partial charge < -0.3 is 9.47 Å². The summed E-state index contributed by atoms with van der Waals surface area (Å²) in [5.41, 5.74) is 1.36. The highest BCUT2D eigenvalue weighted by Gasteiger charge is 2.15. The van der Waals surface area contributed by atoms with Gasteiger partial charge in [-0.3, -0.25) is 4.99 Å². The Kier molecular flexibility index (Phi) is 4.72. The number of hydrogen-bond donors (Lipinski definition) is 0. The molecule has 27 heavy (non-hydrogen) atoms. The summed E-state index contributed by atoms with van der Waals surface area (Å²) in [4.78, 5) is 4.78. The third-order valence-corrected chi connectivity index (χ3v) is 4.92. The van der Waals surface area contributed by atoms with E-state index in [1.54, 1.807) is 11.7 Å². The van der Waals surface area contributed by atoms with Gasteiger partial charge in [-0.25, -0.2) is 13.5 Å². The van der Waals surface area contributed by atoms with Crippen molar-refractivity contribution < 1.29 is 18.3 Å². The van der Waals surface area contributed by atoms with Gasteiger partial charge in [0.05, 0.1) is 17.5 Å². The Balaban J connectivity index is 1.78. The predicted molar refractivity (Wildman–Crippen MR) is 99.6 cm³/mol. The number of hydrogen-bond acceptors (Lipinski definition) is 5. The molecule has 0 amide bonds. The van der Waals surface area contributed by atoms with Gasteiger partial charge >= 0.3 is 0 Å². The van der Waals surface area contributed by atoms with Crippen molar-refractivity contribution in [2.75, 3.05) is 20.3 Å². The Morgan fingerprint density at radius 3 is 2.56 bits per heavy atom. The van der Waals surface area contributed by atoms with Gasteiger partial charge in [0.2, 0.25) is 4.80 Å². The molecule has 2 heterocycles. The normalized spacial score (nSPS) is 14.1. The van der Waals surface area contributed by atoms with Crippen molar-refractivity contribution in [2.24, 2.45) is 10.1 Å². The summed E-state index contributed by atoms with van der Waals surface area (Å²) in [7, 11) is 1.63. The lowest BCUT2D eigenvalue weighted by atomic mass is 10.1. The monoisotopic (exact) mass is 387 g/mol. The van der Waals surface area contributed by atoms with Crippen LogP contribution in [-0.4, -0.2) is 31.2 Å². The molecular weight excluding hydrogens is 372 g/mol. The fourth-order valence-electron chi connectivity index (χ4n) is 2.71. The number of ether oxygens (including phenoxy) is 2. The van der Waals surface area contributed by atoms with E-state index in [0.717, 1.165) is 17.5 Å². The van der Waals surface area contributed by atoms with Gasteiger partial charge in [0.25, 0.3) is 0 Å². The first kappa shape index (κ1) is 17.4. The number of fused-ring (bicyclic) bond motifs is 1. The van der Waals surface area contributed by atoms with Crippen LogP contribution in [0.3, 0.4) is 0 Å². The molecule has 3 aromatic rings. The molecule has 4 rings (SSSR count). The van der Waals surface area contributed by atoms with E-state index in [0.29, 0.717) is 29.5 Å². The second-order valence-electron chi connectivity index (χ2n) is 5.68. The average Bonchev–Trinajstić information content (AvgIpc) is 3.10. The fraction of sp³-hybridized carbons (Fsp3) is 0.158. The van der Waals surface area contributed by atoms with Crippen LogP contribution in [0.25, 0.3) is 11.3 Å². The third kappa shape index (κ3) is 3.35. The molecular formula is C19H15F2N3O2S. The smallest absolute Gasteiger partial charge is 0.205 e. The molecule has 0 bridgehead atoms. The number of rotatable bonds is 3. The van der Waals surface area contributed by atoms with E-state index in [9.17, 15) is 8.78 Å². The minimum Gasteiger partial charge on any atom is -0.486 e. The van der Waals surface area contributed by atoms with Crippen molar-refractivity contribution >= 4 is 17.6 Å². The summed E-state index contributed by atoms with van der Waals surface area (Å²) in [6.45, 7) is 1.00. The highest BCUT2D eigenvalue weighted by molar-refractivity contribution is 7.07. The summed E-state index contributed by atoms with van der Waals surface area (Å²) in [5, 5.41) is 6.15. The number of aromatic nitrogens is 1. The maximum atomic E-state index is 13.9. The van der Waals surface area contributed by atoms with E-state index in [1.807, 2.05) is 23.6 Å². The van der Waals surface area contributed by atoms with E-state index in [4.69, 9.17) is 9.47 Å². The molecule has 1 aliphatic rings. The molecule has 0 spiro atoms. The van der Waals surface area contributed by atoms with Crippen LogP contribution in [0.5, 0.6) is 11.5 Å². The number of nitrogens with zero attached hydrogens (tertiary/aromatic N) is 3. The second kappa shape index (κ2) is 7.32. The highest BCUT2D eigenvalue weighted by Crippen LogP contribution is 2.34. The van der Waals surface area contributed by atoms with E-state index in [1.165, 1.54) is 29.5 Å². The zero-order valence-electron chi connectivity index (χ0n) is 14.4. The molecule has 0 N–H and O–H groups in total. The largest absolute Gasteiger partial charge is 0.486 e. The van der Waals surface area contributed by atoms with Crippen molar-refractivity contribution in [3.63, 3.8) is 0 Å². The number of halogens is 2. The molecule has 1 aliphatic heterocycles. The van der Waals surface area contributed by atoms with Gasteiger partial charge in [-0.2, -0.15) is 5.10 Å². The van der Waals surface area contributed by atoms with Gasteiger partial charge in [0, 0.05) is 18.0 Å². The van der Waals surface area contributed by atoms with Crippen LogP contribution in [0, 0.1) is 11.6 Å². The Hall–Kier alpha value is -3.00. The number of benzene rings is 2. The van der Waals surface area contributed by atoms with Gasteiger partial charge in [0.1, 0.15) is 24.8 Å². The topological polar surface area (TPSA) is 48.1 Å². The Labute approximate surface area is 157 Å². The summed E-state index contributed by atoms with van der Waals surface area (Å²) < 4.78 is 40.5. The van der Waals surface area contributed by atoms with Crippen molar-refractivity contribution in [3.8, 4) is 22.8 Å². The maximum Gasteiger partial charge on any atom is 0.205 e. The first-order valence-electron chi connectivity index (χ1n) is 8.19. The molecule has 0 fully saturated rings. The van der Waals surface area contributed by atoms with Crippen LogP contribution < -0.4 is 14.3 Å². The minimum atomic E-state index is -0.676. The Morgan fingerprint density at radius 1 is 1.07 bits per heavy atom. The Morgan fingerprint density at radius 2 is 1.81 bits per heavy atom. The zero-order chi connectivity index (χ0) is 18.8. The fourth-order valence-corrected chi connectivity index (χ4v) is 3.52. The van der Waals surface area contributed by atoms with E-state index in [-0.39, 0.29) is 5.56 Å². The molecule has 8 heteroatoms. The van der Waals surface area contributed by atoms with Crippen molar-refractivity contribution in [2.45, 2.75) is 0 Å². The van der Waals surface area contributed by atoms with Crippen molar-refractivity contribution in [1.29, 1.82) is 0 Å². The van der Waals surface area contributed by atoms with Gasteiger partial charge in [-0.1, -0.05) is 6.07 Å². The highest BCUT2D eigenvalue weighted by atomic mass is 32.1. The summed E-state index contributed by atoms with van der Waals surface area (Å²) >= 11 is 1.37. The molecule has 1 aromatic heterocycles. The minimum absolute atomic E-state index is 0.202. The van der Waals surface area contributed by atoms with Gasteiger partial charge in [0.15, 0.2) is 11.5 Å². The van der Waals surface area contributed by atoms with Crippen LogP contribution in [0.2, 0.25) is 0 Å². The lowest BCUT2D eigenvalue weighted by molar-refractivity contribution is 0.171. The first-order valence-corrected chi connectivity index (χ1v) is 9.07. The lowest BCUT2D eigenvalue weighted by Gasteiger charge is -2.18. The molecule has 0 atom stereocenters. The molecule has 138 valence electrons. The standard InChI is InChI=1S/C19H15F2N3O2S/c1-22-19-24(23-10-13-14(20)3-2-4-15(13)21)16(11-27-19)12-5-6-17-18(9-12)26-8-7-25-17/h2-6,9-11H,7-8H2,1H3/b22-19?,23-10-. The zero-order valence-corrected chi connectivity index (χ0v) is 15.2. The third-order valence-electron chi connectivity index (χ3n) is 4.02. The summed E-state index contributed by atoms with van der Waals surface area (Å²) in [5.74, 6) is -0.0179. The van der Waals surface area contributed by atoms with E-state index in [2.05, 4.69) is 10.1 Å². The van der Waals surface area contributed by atoms with Crippen molar-refractivity contribution in [3.05, 3.63) is 63.8 Å². The lowest BCUT2D eigenvalue weighted by Crippen LogP contribution is -2.15. The molecule has 0 saturated carbocycles.